The third-order valence-electron chi connectivity index (χ3n) is 16.3. The molecular formula is C71H136O6. The number of allylic oxidation sites excluding steroid dienone is 2. The second-order valence-electron chi connectivity index (χ2n) is 24.2. The predicted octanol–water partition coefficient (Wildman–Crippen LogP) is 24.0. The maximum absolute atomic E-state index is 12.9. The van der Waals surface area contributed by atoms with Gasteiger partial charge in [0.05, 0.1) is 0 Å². The SMILES string of the molecule is CCCCCCCCCC/C=C\CCCCCCCCCCCCCCCCCCCCCCCCCC(=O)OCC(COC(=O)CCCCCCCCCC)OC(=O)CCCCCCCCCCCCCCCCCC. The minimum atomic E-state index is -0.762. The van der Waals surface area contributed by atoms with E-state index in [2.05, 4.69) is 32.9 Å². The summed E-state index contributed by atoms with van der Waals surface area (Å²) in [6, 6.07) is 0. The van der Waals surface area contributed by atoms with Gasteiger partial charge in [-0.05, 0) is 44.9 Å². The van der Waals surface area contributed by atoms with Crippen LogP contribution in [0.25, 0.3) is 0 Å². The average Bonchev–Trinajstić information content (AvgIpc) is 3.43. The van der Waals surface area contributed by atoms with Crippen LogP contribution in [0.15, 0.2) is 12.2 Å². The number of rotatable bonds is 66. The van der Waals surface area contributed by atoms with Gasteiger partial charge in [0, 0.05) is 19.3 Å². The molecule has 0 saturated heterocycles. The van der Waals surface area contributed by atoms with Crippen LogP contribution < -0.4 is 0 Å². The van der Waals surface area contributed by atoms with Crippen molar-refractivity contribution in [3.05, 3.63) is 12.2 Å². The lowest BCUT2D eigenvalue weighted by Crippen LogP contribution is -2.30. The molecule has 6 nitrogen and oxygen atoms in total. The molecule has 0 aromatic rings. The molecule has 0 spiro atoms. The van der Waals surface area contributed by atoms with Crippen molar-refractivity contribution >= 4 is 17.9 Å². The molecule has 0 saturated carbocycles. The summed E-state index contributed by atoms with van der Waals surface area (Å²) in [5.74, 6) is -0.836. The molecule has 0 N–H and O–H groups in total. The molecule has 0 aliphatic rings. The second-order valence-corrected chi connectivity index (χ2v) is 24.2. The Morgan fingerprint density at radius 1 is 0.247 bits per heavy atom. The van der Waals surface area contributed by atoms with Crippen molar-refractivity contribution in [3.8, 4) is 0 Å². The lowest BCUT2D eigenvalue weighted by atomic mass is 10.0. The van der Waals surface area contributed by atoms with E-state index in [9.17, 15) is 14.4 Å². The van der Waals surface area contributed by atoms with Crippen molar-refractivity contribution in [1.82, 2.24) is 0 Å². The van der Waals surface area contributed by atoms with Crippen molar-refractivity contribution in [3.63, 3.8) is 0 Å². The van der Waals surface area contributed by atoms with E-state index in [1.165, 1.54) is 308 Å². The lowest BCUT2D eigenvalue weighted by Gasteiger charge is -2.18. The molecule has 0 heterocycles. The van der Waals surface area contributed by atoms with Crippen LogP contribution in [-0.2, 0) is 28.6 Å². The van der Waals surface area contributed by atoms with Gasteiger partial charge in [0.2, 0.25) is 0 Å². The summed E-state index contributed by atoms with van der Waals surface area (Å²) < 4.78 is 16.9. The molecule has 0 fully saturated rings. The average molecular weight is 1090 g/mol. The molecule has 0 bridgehead atoms. The van der Waals surface area contributed by atoms with Crippen molar-refractivity contribution < 1.29 is 28.6 Å². The van der Waals surface area contributed by atoms with Crippen molar-refractivity contribution in [1.29, 1.82) is 0 Å². The summed E-state index contributed by atoms with van der Waals surface area (Å²) >= 11 is 0. The van der Waals surface area contributed by atoms with Gasteiger partial charge in [0.25, 0.3) is 0 Å². The number of unbranched alkanes of at least 4 members (excludes halogenated alkanes) is 53. The largest absolute Gasteiger partial charge is 0.462 e. The molecule has 0 aliphatic heterocycles. The highest BCUT2D eigenvalue weighted by molar-refractivity contribution is 5.71. The zero-order chi connectivity index (χ0) is 55.7. The highest BCUT2D eigenvalue weighted by Gasteiger charge is 2.19. The van der Waals surface area contributed by atoms with E-state index in [0.717, 1.165) is 57.8 Å². The third kappa shape index (κ3) is 64.9. The highest BCUT2D eigenvalue weighted by atomic mass is 16.6. The molecule has 6 heteroatoms. The Kier molecular flexibility index (Phi) is 65.1. The molecule has 0 rings (SSSR count). The molecule has 1 atom stereocenters. The smallest absolute Gasteiger partial charge is 0.306 e. The summed E-state index contributed by atoms with van der Waals surface area (Å²) in [5.41, 5.74) is 0. The zero-order valence-electron chi connectivity index (χ0n) is 52.5. The van der Waals surface area contributed by atoms with Crippen LogP contribution >= 0.6 is 0 Å². The zero-order valence-corrected chi connectivity index (χ0v) is 52.5. The van der Waals surface area contributed by atoms with Crippen LogP contribution in [0.3, 0.4) is 0 Å². The lowest BCUT2D eigenvalue weighted by molar-refractivity contribution is -0.167. The first-order valence-corrected chi connectivity index (χ1v) is 35.2. The number of hydrogen-bond donors (Lipinski definition) is 0. The van der Waals surface area contributed by atoms with Gasteiger partial charge in [-0.2, -0.15) is 0 Å². The molecule has 0 aromatic carbocycles. The van der Waals surface area contributed by atoms with E-state index in [1.807, 2.05) is 0 Å². The summed E-state index contributed by atoms with van der Waals surface area (Å²) in [6.45, 7) is 6.68. The van der Waals surface area contributed by atoms with E-state index >= 15 is 0 Å². The molecular weight excluding hydrogens is 949 g/mol. The molecule has 0 amide bonds. The molecule has 0 radical (unpaired) electrons. The summed E-state index contributed by atoms with van der Waals surface area (Å²) in [7, 11) is 0. The maximum atomic E-state index is 12.9. The summed E-state index contributed by atoms with van der Waals surface area (Å²) in [4.78, 5) is 38.1. The van der Waals surface area contributed by atoms with Gasteiger partial charge in [0.15, 0.2) is 6.10 Å². The van der Waals surface area contributed by atoms with Crippen LogP contribution in [0.5, 0.6) is 0 Å². The minimum Gasteiger partial charge on any atom is -0.462 e. The van der Waals surface area contributed by atoms with Crippen LogP contribution in [-0.4, -0.2) is 37.2 Å². The fraction of sp³-hybridized carbons (Fsp3) is 0.930. The van der Waals surface area contributed by atoms with E-state index in [4.69, 9.17) is 14.2 Å². The Bertz CT molecular complexity index is 1200. The first-order valence-electron chi connectivity index (χ1n) is 35.2. The minimum absolute atomic E-state index is 0.0624. The second kappa shape index (κ2) is 66.7. The van der Waals surface area contributed by atoms with Gasteiger partial charge in [-0.3, -0.25) is 14.4 Å². The van der Waals surface area contributed by atoms with Crippen molar-refractivity contribution in [2.45, 2.75) is 412 Å². The third-order valence-corrected chi connectivity index (χ3v) is 16.3. The van der Waals surface area contributed by atoms with Crippen LogP contribution in [0.4, 0.5) is 0 Å². The van der Waals surface area contributed by atoms with Gasteiger partial charge in [-0.25, -0.2) is 0 Å². The van der Waals surface area contributed by atoms with Crippen LogP contribution in [0.2, 0.25) is 0 Å². The highest BCUT2D eigenvalue weighted by Crippen LogP contribution is 2.19. The van der Waals surface area contributed by atoms with Crippen molar-refractivity contribution in [2.24, 2.45) is 0 Å². The van der Waals surface area contributed by atoms with E-state index < -0.39 is 6.10 Å². The van der Waals surface area contributed by atoms with Crippen LogP contribution in [0, 0.1) is 0 Å². The topological polar surface area (TPSA) is 78.9 Å². The molecule has 1 unspecified atom stereocenters. The monoisotopic (exact) mass is 1090 g/mol. The van der Waals surface area contributed by atoms with E-state index in [0.29, 0.717) is 19.3 Å². The normalized spacial score (nSPS) is 12.0. The predicted molar refractivity (Wildman–Crippen MR) is 335 cm³/mol. The van der Waals surface area contributed by atoms with Gasteiger partial charge < -0.3 is 14.2 Å². The van der Waals surface area contributed by atoms with E-state index in [1.54, 1.807) is 0 Å². The van der Waals surface area contributed by atoms with Gasteiger partial charge >= 0.3 is 17.9 Å². The Balaban J connectivity index is 3.92. The number of esters is 3. The quantitative estimate of drug-likeness (QED) is 0.0261. The Hall–Kier alpha value is -1.85. The molecule has 0 aliphatic carbocycles. The summed E-state index contributed by atoms with van der Waals surface area (Å²) in [6.07, 6.45) is 80.0. The number of carbonyl (C=O) groups is 3. The fourth-order valence-electron chi connectivity index (χ4n) is 11.0. The fourth-order valence-corrected chi connectivity index (χ4v) is 11.0. The standard InChI is InChI=1S/C71H136O6/c1-4-7-10-13-16-19-21-23-25-27-28-29-30-31-32-33-34-35-36-37-38-39-40-41-42-43-44-45-47-48-50-52-55-58-61-64-70(73)76-67-68(66-75-69(72)63-60-57-54-18-15-12-9-6-3)77-71(74)65-62-59-56-53-51-49-46-26-24-22-20-17-14-11-8-5-2/h27-28,68H,4-26,29-67H2,1-3H3/b28-27-. The van der Waals surface area contributed by atoms with Gasteiger partial charge in [0.1, 0.15) is 13.2 Å². The maximum Gasteiger partial charge on any atom is 0.306 e. The first-order chi connectivity index (χ1) is 38.0. The molecule has 456 valence electrons. The number of hydrogen-bond acceptors (Lipinski definition) is 6. The summed E-state index contributed by atoms with van der Waals surface area (Å²) in [5, 5.41) is 0. The first kappa shape index (κ1) is 75.2. The molecule has 77 heavy (non-hydrogen) atoms. The van der Waals surface area contributed by atoms with Crippen LogP contribution in [0.1, 0.15) is 406 Å². The van der Waals surface area contributed by atoms with Gasteiger partial charge in [-0.15, -0.1) is 0 Å². The van der Waals surface area contributed by atoms with Gasteiger partial charge in [-0.1, -0.05) is 354 Å². The number of ether oxygens (including phenoxy) is 3. The molecule has 0 aromatic heterocycles. The van der Waals surface area contributed by atoms with E-state index in [-0.39, 0.29) is 31.1 Å². The number of carbonyl (C=O) groups excluding carboxylic acids is 3. The van der Waals surface area contributed by atoms with Crippen molar-refractivity contribution in [2.75, 3.05) is 13.2 Å². The Labute approximate surface area is 481 Å². The Morgan fingerprint density at radius 2 is 0.429 bits per heavy atom. The Morgan fingerprint density at radius 3 is 0.649 bits per heavy atom.